The lowest BCUT2D eigenvalue weighted by Crippen LogP contribution is -2.54. The van der Waals surface area contributed by atoms with E-state index >= 15 is 0 Å². The molecular formula is C23H24ClN3O2. The molecule has 0 bridgehead atoms. The number of anilines is 1. The van der Waals surface area contributed by atoms with Crippen molar-refractivity contribution in [1.82, 2.24) is 9.47 Å². The first kappa shape index (κ1) is 18.4. The van der Waals surface area contributed by atoms with Gasteiger partial charge < -0.3 is 19.1 Å². The van der Waals surface area contributed by atoms with Crippen LogP contribution in [0.3, 0.4) is 0 Å². The zero-order valence-corrected chi connectivity index (χ0v) is 17.4. The van der Waals surface area contributed by atoms with E-state index in [-0.39, 0.29) is 11.9 Å². The van der Waals surface area contributed by atoms with Crippen LogP contribution < -0.4 is 9.64 Å². The Balaban J connectivity index is 1.43. The smallest absolute Gasteiger partial charge is 0.270 e. The van der Waals surface area contributed by atoms with Crippen LogP contribution in [0.2, 0.25) is 5.02 Å². The van der Waals surface area contributed by atoms with Crippen LogP contribution in [0.5, 0.6) is 5.75 Å². The van der Waals surface area contributed by atoms with Gasteiger partial charge >= 0.3 is 0 Å². The van der Waals surface area contributed by atoms with Crippen LogP contribution in [0.1, 0.15) is 23.0 Å². The number of ether oxygens (including phenoxy) is 1. The highest BCUT2D eigenvalue weighted by molar-refractivity contribution is 6.36. The average Bonchev–Trinajstić information content (AvgIpc) is 3.12. The Morgan fingerprint density at radius 1 is 1.14 bits per heavy atom. The fourth-order valence-electron chi connectivity index (χ4n) is 4.58. The highest BCUT2D eigenvalue weighted by atomic mass is 35.5. The van der Waals surface area contributed by atoms with Crippen molar-refractivity contribution in [2.24, 2.45) is 0 Å². The maximum atomic E-state index is 13.4. The summed E-state index contributed by atoms with van der Waals surface area (Å²) in [5.41, 5.74) is 4.11. The standard InChI is InChI=1S/C23H24ClN3O2/c1-15-4-3-5-17(12-15)26-9-8-25(14-16(26)2)23(28)20-13-18-19(24)6-7-21-22(18)27(20)10-11-29-21/h3-7,12-13,16H,8-11,14H2,1-2H3. The third-order valence-corrected chi connectivity index (χ3v) is 6.34. The van der Waals surface area contributed by atoms with E-state index in [2.05, 4.69) is 47.6 Å². The van der Waals surface area contributed by atoms with Crippen LogP contribution in [-0.2, 0) is 6.54 Å². The number of aryl methyl sites for hydroxylation is 1. The number of aromatic nitrogens is 1. The number of hydrogen-bond acceptors (Lipinski definition) is 3. The van der Waals surface area contributed by atoms with Gasteiger partial charge in [-0.25, -0.2) is 0 Å². The molecule has 0 N–H and O–H groups in total. The predicted molar refractivity (Wildman–Crippen MR) is 116 cm³/mol. The second-order valence-electron chi connectivity index (χ2n) is 7.97. The van der Waals surface area contributed by atoms with Gasteiger partial charge in [-0.15, -0.1) is 0 Å². The van der Waals surface area contributed by atoms with E-state index in [4.69, 9.17) is 16.3 Å². The first-order chi connectivity index (χ1) is 14.0. The molecule has 6 heteroatoms. The number of benzene rings is 2. The fourth-order valence-corrected chi connectivity index (χ4v) is 4.79. The summed E-state index contributed by atoms with van der Waals surface area (Å²) in [4.78, 5) is 17.8. The van der Waals surface area contributed by atoms with Crippen molar-refractivity contribution in [1.29, 1.82) is 0 Å². The highest BCUT2D eigenvalue weighted by Gasteiger charge is 2.31. The lowest BCUT2D eigenvalue weighted by atomic mass is 10.1. The van der Waals surface area contributed by atoms with Crippen LogP contribution >= 0.6 is 11.6 Å². The van der Waals surface area contributed by atoms with Crippen LogP contribution in [-0.4, -0.2) is 47.7 Å². The van der Waals surface area contributed by atoms with Gasteiger partial charge in [-0.3, -0.25) is 4.79 Å². The van der Waals surface area contributed by atoms with E-state index in [0.717, 1.165) is 23.2 Å². The summed E-state index contributed by atoms with van der Waals surface area (Å²) in [5.74, 6) is 0.869. The molecular weight excluding hydrogens is 386 g/mol. The first-order valence-corrected chi connectivity index (χ1v) is 10.5. The molecule has 3 heterocycles. The zero-order chi connectivity index (χ0) is 20.1. The van der Waals surface area contributed by atoms with Crippen LogP contribution in [0, 0.1) is 6.92 Å². The molecule has 1 atom stereocenters. The molecule has 3 aromatic rings. The van der Waals surface area contributed by atoms with Gasteiger partial charge in [0.2, 0.25) is 0 Å². The first-order valence-electron chi connectivity index (χ1n) is 10.1. The average molecular weight is 410 g/mol. The second kappa shape index (κ2) is 6.99. The summed E-state index contributed by atoms with van der Waals surface area (Å²) >= 11 is 6.41. The van der Waals surface area contributed by atoms with E-state index in [0.29, 0.717) is 37.0 Å². The normalized spacial score (nSPS) is 18.8. The molecule has 0 radical (unpaired) electrons. The minimum atomic E-state index is 0.0702. The predicted octanol–water partition coefficient (Wildman–Crippen LogP) is 4.35. The molecule has 1 fully saturated rings. The van der Waals surface area contributed by atoms with E-state index in [1.807, 2.05) is 23.1 Å². The van der Waals surface area contributed by atoms with Crippen molar-refractivity contribution in [2.45, 2.75) is 26.4 Å². The summed E-state index contributed by atoms with van der Waals surface area (Å²) in [6.07, 6.45) is 0. The Bertz CT molecular complexity index is 1110. The van der Waals surface area contributed by atoms with Crippen molar-refractivity contribution < 1.29 is 9.53 Å². The third kappa shape index (κ3) is 3.04. The van der Waals surface area contributed by atoms with Crippen molar-refractivity contribution in [3.05, 3.63) is 58.7 Å². The molecule has 0 spiro atoms. The molecule has 2 aromatic carbocycles. The van der Waals surface area contributed by atoms with Crippen molar-refractivity contribution in [2.75, 3.05) is 31.1 Å². The van der Waals surface area contributed by atoms with Gasteiger partial charge in [0.1, 0.15) is 18.1 Å². The number of carbonyl (C=O) groups excluding carboxylic acids is 1. The second-order valence-corrected chi connectivity index (χ2v) is 8.38. The molecule has 0 aliphatic carbocycles. The minimum Gasteiger partial charge on any atom is -0.490 e. The molecule has 1 saturated heterocycles. The van der Waals surface area contributed by atoms with E-state index in [1.54, 1.807) is 0 Å². The molecule has 5 rings (SSSR count). The number of nitrogens with zero attached hydrogens (tertiary/aromatic N) is 3. The topological polar surface area (TPSA) is 37.7 Å². The Labute approximate surface area is 175 Å². The van der Waals surface area contributed by atoms with Crippen molar-refractivity contribution >= 4 is 34.1 Å². The number of rotatable bonds is 2. The Kier molecular flexibility index (Phi) is 4.43. The number of halogens is 1. The number of piperazine rings is 1. The fraction of sp³-hybridized carbons (Fsp3) is 0.348. The van der Waals surface area contributed by atoms with Crippen molar-refractivity contribution in [3.8, 4) is 5.75 Å². The molecule has 2 aliphatic heterocycles. The van der Waals surface area contributed by atoms with Crippen LogP contribution in [0.4, 0.5) is 5.69 Å². The monoisotopic (exact) mass is 409 g/mol. The zero-order valence-electron chi connectivity index (χ0n) is 16.7. The summed E-state index contributed by atoms with van der Waals surface area (Å²) in [6.45, 7) is 7.75. The quantitative estimate of drug-likeness (QED) is 0.631. The van der Waals surface area contributed by atoms with E-state index in [1.165, 1.54) is 11.3 Å². The molecule has 1 unspecified atom stereocenters. The molecule has 1 amide bonds. The maximum absolute atomic E-state index is 13.4. The van der Waals surface area contributed by atoms with E-state index < -0.39 is 0 Å². The van der Waals surface area contributed by atoms with Gasteiger partial charge in [0.05, 0.1) is 17.1 Å². The lowest BCUT2D eigenvalue weighted by Gasteiger charge is -2.41. The largest absolute Gasteiger partial charge is 0.490 e. The Morgan fingerprint density at radius 2 is 2.00 bits per heavy atom. The molecule has 1 aromatic heterocycles. The van der Waals surface area contributed by atoms with Gasteiger partial charge in [-0.1, -0.05) is 23.7 Å². The SMILES string of the molecule is Cc1cccc(N2CCN(C(=O)c3cc4c(Cl)ccc5c4n3CCO5)CC2C)c1. The molecule has 2 aliphatic rings. The summed E-state index contributed by atoms with van der Waals surface area (Å²) in [7, 11) is 0. The van der Waals surface area contributed by atoms with Gasteiger partial charge in [0, 0.05) is 36.7 Å². The molecule has 29 heavy (non-hydrogen) atoms. The molecule has 150 valence electrons. The van der Waals surface area contributed by atoms with E-state index in [9.17, 15) is 4.79 Å². The van der Waals surface area contributed by atoms with Gasteiger partial charge in [0.15, 0.2) is 0 Å². The summed E-state index contributed by atoms with van der Waals surface area (Å²) < 4.78 is 7.84. The van der Waals surface area contributed by atoms with Gasteiger partial charge in [-0.2, -0.15) is 0 Å². The highest BCUT2D eigenvalue weighted by Crippen LogP contribution is 2.37. The van der Waals surface area contributed by atoms with Gasteiger partial charge in [0.25, 0.3) is 5.91 Å². The third-order valence-electron chi connectivity index (χ3n) is 6.01. The summed E-state index contributed by atoms with van der Waals surface area (Å²) in [6, 6.07) is 14.5. The van der Waals surface area contributed by atoms with Crippen LogP contribution in [0.15, 0.2) is 42.5 Å². The van der Waals surface area contributed by atoms with Crippen molar-refractivity contribution in [3.63, 3.8) is 0 Å². The Morgan fingerprint density at radius 3 is 2.79 bits per heavy atom. The minimum absolute atomic E-state index is 0.0702. The molecule has 0 saturated carbocycles. The maximum Gasteiger partial charge on any atom is 0.270 e. The van der Waals surface area contributed by atoms with Crippen LogP contribution in [0.25, 0.3) is 10.9 Å². The summed E-state index contributed by atoms with van der Waals surface area (Å²) in [5, 5.41) is 1.54. The lowest BCUT2D eigenvalue weighted by molar-refractivity contribution is 0.0714. The molecule has 5 nitrogen and oxygen atoms in total. The Hall–Kier alpha value is -2.66. The number of hydrogen-bond donors (Lipinski definition) is 0. The van der Waals surface area contributed by atoms with Gasteiger partial charge in [-0.05, 0) is 49.7 Å². The number of carbonyl (C=O) groups is 1. The number of amides is 1.